The van der Waals surface area contributed by atoms with E-state index >= 15 is 0 Å². The van der Waals surface area contributed by atoms with E-state index in [2.05, 4.69) is 9.62 Å². The zero-order valence-electron chi connectivity index (χ0n) is 11.3. The van der Waals surface area contributed by atoms with Crippen molar-refractivity contribution in [2.75, 3.05) is 20.1 Å². The fourth-order valence-corrected chi connectivity index (χ4v) is 5.49. The lowest BCUT2D eigenvalue weighted by atomic mass is 10.1. The molecule has 1 aliphatic heterocycles. The van der Waals surface area contributed by atoms with Crippen LogP contribution < -0.4 is 10.5 Å². The maximum Gasteiger partial charge on any atom is 0.242 e. The zero-order chi connectivity index (χ0) is 14.0. The van der Waals surface area contributed by atoms with E-state index in [0.717, 1.165) is 36.4 Å². The lowest BCUT2D eigenvalue weighted by molar-refractivity contribution is 0.242. The van der Waals surface area contributed by atoms with E-state index in [9.17, 15) is 8.42 Å². The summed E-state index contributed by atoms with van der Waals surface area (Å²) in [6.07, 6.45) is 1.92. The highest BCUT2D eigenvalue weighted by molar-refractivity contribution is 7.89. The number of sulfonamides is 1. The van der Waals surface area contributed by atoms with Crippen molar-refractivity contribution in [3.63, 3.8) is 0 Å². The van der Waals surface area contributed by atoms with Crippen molar-refractivity contribution in [3.05, 3.63) is 15.8 Å². The molecule has 1 saturated heterocycles. The van der Waals surface area contributed by atoms with Crippen molar-refractivity contribution >= 4 is 21.4 Å². The standard InChI is InChI=1S/C12H21N3O2S2/c1-9-8-18-11(6-13)12(9)19(16,17)14-10-4-3-5-15(2)7-10/h8,10,14H,3-7,13H2,1-2H3. The first-order valence-electron chi connectivity index (χ1n) is 6.42. The first kappa shape index (κ1) is 14.9. The van der Waals surface area contributed by atoms with E-state index in [-0.39, 0.29) is 12.6 Å². The Hall–Kier alpha value is -0.470. The van der Waals surface area contributed by atoms with Crippen LogP contribution >= 0.6 is 11.3 Å². The molecule has 1 unspecified atom stereocenters. The average molecular weight is 303 g/mol. The minimum Gasteiger partial charge on any atom is -0.326 e. The molecule has 1 aromatic heterocycles. The predicted molar refractivity (Wildman–Crippen MR) is 77.8 cm³/mol. The Balaban J connectivity index is 2.20. The van der Waals surface area contributed by atoms with Gasteiger partial charge in [0.1, 0.15) is 4.90 Å². The molecule has 0 radical (unpaired) electrons. The molecule has 108 valence electrons. The number of nitrogens with two attached hydrogens (primary N) is 1. The second-order valence-corrected chi connectivity index (χ2v) is 7.71. The van der Waals surface area contributed by atoms with Crippen molar-refractivity contribution in [2.24, 2.45) is 5.73 Å². The second-order valence-electron chi connectivity index (χ2n) is 5.10. The van der Waals surface area contributed by atoms with Crippen LogP contribution in [0.2, 0.25) is 0 Å². The molecular weight excluding hydrogens is 282 g/mol. The second kappa shape index (κ2) is 5.88. The lowest BCUT2D eigenvalue weighted by Crippen LogP contribution is -2.46. The van der Waals surface area contributed by atoms with E-state index in [1.165, 1.54) is 11.3 Å². The van der Waals surface area contributed by atoms with Gasteiger partial charge in [0, 0.05) is 24.0 Å². The van der Waals surface area contributed by atoms with Crippen molar-refractivity contribution in [1.29, 1.82) is 0 Å². The summed E-state index contributed by atoms with van der Waals surface area (Å²) in [7, 11) is -1.44. The van der Waals surface area contributed by atoms with Crippen LogP contribution in [-0.2, 0) is 16.6 Å². The zero-order valence-corrected chi connectivity index (χ0v) is 13.0. The Morgan fingerprint density at radius 3 is 2.95 bits per heavy atom. The number of likely N-dealkylation sites (N-methyl/N-ethyl adjacent to an activating group) is 1. The number of thiophene rings is 1. The summed E-state index contributed by atoms with van der Waals surface area (Å²) in [5, 5.41) is 1.85. The van der Waals surface area contributed by atoms with Gasteiger partial charge in [-0.1, -0.05) is 0 Å². The van der Waals surface area contributed by atoms with Crippen LogP contribution in [-0.4, -0.2) is 39.5 Å². The molecule has 3 N–H and O–H groups in total. The first-order valence-corrected chi connectivity index (χ1v) is 8.78. The van der Waals surface area contributed by atoms with E-state index in [1.807, 2.05) is 19.4 Å². The van der Waals surface area contributed by atoms with Gasteiger partial charge in [-0.05, 0) is 44.3 Å². The van der Waals surface area contributed by atoms with Gasteiger partial charge in [0.05, 0.1) is 0 Å². The largest absolute Gasteiger partial charge is 0.326 e. The van der Waals surface area contributed by atoms with E-state index in [1.54, 1.807) is 0 Å². The minimum absolute atomic E-state index is 0.00586. The maximum atomic E-state index is 12.5. The summed E-state index contributed by atoms with van der Waals surface area (Å²) in [5.41, 5.74) is 6.41. The summed E-state index contributed by atoms with van der Waals surface area (Å²) in [4.78, 5) is 3.27. The minimum atomic E-state index is -3.46. The molecule has 1 aromatic rings. The quantitative estimate of drug-likeness (QED) is 0.866. The molecule has 2 heterocycles. The van der Waals surface area contributed by atoms with Gasteiger partial charge in [0.15, 0.2) is 0 Å². The number of likely N-dealkylation sites (tertiary alicyclic amines) is 1. The van der Waals surface area contributed by atoms with E-state index in [4.69, 9.17) is 5.73 Å². The molecule has 0 spiro atoms. The normalized spacial score (nSPS) is 21.7. The first-order chi connectivity index (χ1) is 8.94. The van der Waals surface area contributed by atoms with Gasteiger partial charge in [-0.3, -0.25) is 0 Å². The molecule has 1 fully saturated rings. The Kier molecular flexibility index (Phi) is 4.62. The summed E-state index contributed by atoms with van der Waals surface area (Å²) >= 11 is 1.41. The van der Waals surface area contributed by atoms with Gasteiger partial charge in [0.2, 0.25) is 10.0 Å². The number of nitrogens with zero attached hydrogens (tertiary/aromatic N) is 1. The molecule has 0 amide bonds. The van der Waals surface area contributed by atoms with Crippen LogP contribution in [0.1, 0.15) is 23.3 Å². The molecule has 2 rings (SSSR count). The van der Waals surface area contributed by atoms with Gasteiger partial charge in [-0.2, -0.15) is 0 Å². The lowest BCUT2D eigenvalue weighted by Gasteiger charge is -2.30. The number of hydrogen-bond acceptors (Lipinski definition) is 5. The summed E-state index contributed by atoms with van der Waals surface area (Å²) in [6, 6.07) is -0.00586. The van der Waals surface area contributed by atoms with Gasteiger partial charge in [0.25, 0.3) is 0 Å². The van der Waals surface area contributed by atoms with Crippen molar-refractivity contribution < 1.29 is 8.42 Å². The third kappa shape index (κ3) is 3.35. The fraction of sp³-hybridized carbons (Fsp3) is 0.667. The molecule has 0 bridgehead atoms. The smallest absolute Gasteiger partial charge is 0.242 e. The average Bonchev–Trinajstić information content (AvgIpc) is 2.70. The number of hydrogen-bond donors (Lipinski definition) is 2. The highest BCUT2D eigenvalue weighted by Crippen LogP contribution is 2.27. The van der Waals surface area contributed by atoms with Gasteiger partial charge < -0.3 is 10.6 Å². The van der Waals surface area contributed by atoms with Gasteiger partial charge in [-0.15, -0.1) is 11.3 Å². The van der Waals surface area contributed by atoms with Crippen LogP contribution in [0.25, 0.3) is 0 Å². The fourth-order valence-electron chi connectivity index (χ4n) is 2.53. The number of rotatable bonds is 4. The van der Waals surface area contributed by atoms with Gasteiger partial charge >= 0.3 is 0 Å². The molecule has 5 nitrogen and oxygen atoms in total. The Morgan fingerprint density at radius 2 is 2.32 bits per heavy atom. The van der Waals surface area contributed by atoms with E-state index in [0.29, 0.717) is 4.90 Å². The number of aryl methyl sites for hydroxylation is 1. The molecule has 0 aromatic carbocycles. The molecule has 1 aliphatic rings. The van der Waals surface area contributed by atoms with Crippen molar-refractivity contribution in [1.82, 2.24) is 9.62 Å². The summed E-state index contributed by atoms with van der Waals surface area (Å²) in [5.74, 6) is 0. The highest BCUT2D eigenvalue weighted by atomic mass is 32.2. The van der Waals surface area contributed by atoms with E-state index < -0.39 is 10.0 Å². The SMILES string of the molecule is Cc1csc(CN)c1S(=O)(=O)NC1CCCN(C)C1. The van der Waals surface area contributed by atoms with Gasteiger partial charge in [-0.25, -0.2) is 13.1 Å². The molecule has 0 aliphatic carbocycles. The Labute approximate surface area is 118 Å². The van der Waals surface area contributed by atoms with Crippen molar-refractivity contribution in [3.8, 4) is 0 Å². The third-order valence-corrected chi connectivity index (χ3v) is 6.40. The topological polar surface area (TPSA) is 75.4 Å². The Bertz CT molecular complexity index is 539. The maximum absolute atomic E-state index is 12.5. The molecular formula is C12H21N3O2S2. The predicted octanol–water partition coefficient (Wildman–Crippen LogP) is 0.888. The Morgan fingerprint density at radius 1 is 1.58 bits per heavy atom. The number of nitrogens with one attached hydrogen (secondary N) is 1. The molecule has 19 heavy (non-hydrogen) atoms. The summed E-state index contributed by atoms with van der Waals surface area (Å²) < 4.78 is 27.8. The molecule has 0 saturated carbocycles. The van der Waals surface area contributed by atoms with Crippen LogP contribution in [0.3, 0.4) is 0 Å². The monoisotopic (exact) mass is 303 g/mol. The van der Waals surface area contributed by atoms with Crippen LogP contribution in [0.4, 0.5) is 0 Å². The number of piperidine rings is 1. The molecule has 7 heteroatoms. The van der Waals surface area contributed by atoms with Crippen LogP contribution in [0.5, 0.6) is 0 Å². The molecule has 1 atom stereocenters. The van der Waals surface area contributed by atoms with Crippen LogP contribution in [0, 0.1) is 6.92 Å². The van der Waals surface area contributed by atoms with Crippen molar-refractivity contribution in [2.45, 2.75) is 37.2 Å². The van der Waals surface area contributed by atoms with Crippen LogP contribution in [0.15, 0.2) is 10.3 Å². The summed E-state index contributed by atoms with van der Waals surface area (Å²) in [6.45, 7) is 3.88. The third-order valence-electron chi connectivity index (χ3n) is 3.39. The highest BCUT2D eigenvalue weighted by Gasteiger charge is 2.27.